The number of rotatable bonds is 4. The van der Waals surface area contributed by atoms with Gasteiger partial charge in [0.25, 0.3) is 0 Å². The van der Waals surface area contributed by atoms with Crippen LogP contribution >= 0.6 is 23.2 Å². The van der Waals surface area contributed by atoms with Crippen molar-refractivity contribution < 1.29 is 4.74 Å². The molecule has 0 aliphatic rings. The molecule has 0 unspecified atom stereocenters. The van der Waals surface area contributed by atoms with Crippen molar-refractivity contribution >= 4 is 23.2 Å². The third kappa shape index (κ3) is 2.85. The van der Waals surface area contributed by atoms with E-state index in [-0.39, 0.29) is 6.10 Å². The molecule has 0 aliphatic carbocycles. The topological polar surface area (TPSA) is 35.2 Å². The van der Waals surface area contributed by atoms with Crippen molar-refractivity contribution in [1.29, 1.82) is 0 Å². The van der Waals surface area contributed by atoms with Crippen LogP contribution in [-0.2, 0) is 4.74 Å². The van der Waals surface area contributed by atoms with Crippen molar-refractivity contribution in [2.45, 2.75) is 13.0 Å². The van der Waals surface area contributed by atoms with Gasteiger partial charge in [-0.05, 0) is 25.1 Å². The van der Waals surface area contributed by atoms with Crippen LogP contribution in [0.2, 0.25) is 10.0 Å². The molecule has 1 aromatic rings. The number of hydrogen-bond acceptors (Lipinski definition) is 2. The van der Waals surface area contributed by atoms with E-state index in [0.717, 1.165) is 5.56 Å². The minimum absolute atomic E-state index is 0.175. The zero-order valence-electron chi connectivity index (χ0n) is 7.97. The van der Waals surface area contributed by atoms with E-state index in [1.807, 2.05) is 6.92 Å². The highest BCUT2D eigenvalue weighted by atomic mass is 35.5. The van der Waals surface area contributed by atoms with Gasteiger partial charge in [0.2, 0.25) is 0 Å². The first-order chi connectivity index (χ1) is 6.69. The summed E-state index contributed by atoms with van der Waals surface area (Å²) >= 11 is 11.9. The first kappa shape index (κ1) is 11.8. The molecule has 4 heteroatoms. The van der Waals surface area contributed by atoms with Crippen molar-refractivity contribution in [1.82, 2.24) is 0 Å². The molecule has 0 saturated heterocycles. The highest BCUT2D eigenvalue weighted by molar-refractivity contribution is 6.33. The quantitative estimate of drug-likeness (QED) is 0.868. The predicted octanol–water partition coefficient (Wildman–Crippen LogP) is 3.03. The van der Waals surface area contributed by atoms with Gasteiger partial charge in [-0.2, -0.15) is 0 Å². The van der Waals surface area contributed by atoms with Gasteiger partial charge in [0, 0.05) is 28.8 Å². The number of nitrogens with two attached hydrogens (primary N) is 1. The van der Waals surface area contributed by atoms with Gasteiger partial charge in [-0.1, -0.05) is 23.2 Å². The molecule has 0 aliphatic heterocycles. The van der Waals surface area contributed by atoms with Crippen LogP contribution in [0.4, 0.5) is 0 Å². The van der Waals surface area contributed by atoms with Crippen molar-refractivity contribution in [3.63, 3.8) is 0 Å². The lowest BCUT2D eigenvalue weighted by Gasteiger charge is -2.16. The lowest BCUT2D eigenvalue weighted by atomic mass is 10.1. The molecule has 0 bridgehead atoms. The van der Waals surface area contributed by atoms with Gasteiger partial charge in [0.15, 0.2) is 0 Å². The summed E-state index contributed by atoms with van der Waals surface area (Å²) < 4.78 is 5.44. The van der Waals surface area contributed by atoms with Crippen LogP contribution in [0.15, 0.2) is 18.2 Å². The van der Waals surface area contributed by atoms with E-state index in [2.05, 4.69) is 0 Å². The fourth-order valence-electron chi connectivity index (χ4n) is 1.25. The number of ether oxygens (including phenoxy) is 1. The molecule has 1 rings (SSSR count). The zero-order chi connectivity index (χ0) is 10.6. The monoisotopic (exact) mass is 233 g/mol. The van der Waals surface area contributed by atoms with Gasteiger partial charge >= 0.3 is 0 Å². The van der Waals surface area contributed by atoms with Crippen LogP contribution in [0, 0.1) is 0 Å². The maximum atomic E-state index is 6.01. The van der Waals surface area contributed by atoms with Crippen LogP contribution in [0.25, 0.3) is 0 Å². The molecule has 14 heavy (non-hydrogen) atoms. The summed E-state index contributed by atoms with van der Waals surface area (Å²) in [4.78, 5) is 0. The van der Waals surface area contributed by atoms with Gasteiger partial charge in [-0.15, -0.1) is 0 Å². The molecule has 0 heterocycles. The molecule has 0 fully saturated rings. The van der Waals surface area contributed by atoms with Crippen LogP contribution in [0.1, 0.15) is 18.6 Å². The van der Waals surface area contributed by atoms with Gasteiger partial charge in [0.1, 0.15) is 0 Å². The second kappa shape index (κ2) is 5.56. The van der Waals surface area contributed by atoms with Crippen LogP contribution in [0.5, 0.6) is 0 Å². The highest BCUT2D eigenvalue weighted by Crippen LogP contribution is 2.27. The number of hydrogen-bond donors (Lipinski definition) is 1. The molecule has 0 radical (unpaired) electrons. The summed E-state index contributed by atoms with van der Waals surface area (Å²) in [5.41, 5.74) is 6.43. The molecule has 1 aromatic carbocycles. The van der Waals surface area contributed by atoms with Crippen molar-refractivity contribution in [3.05, 3.63) is 33.8 Å². The minimum Gasteiger partial charge on any atom is -0.372 e. The Kier molecular flexibility index (Phi) is 4.69. The molecule has 78 valence electrons. The molecule has 0 saturated carbocycles. The summed E-state index contributed by atoms with van der Waals surface area (Å²) in [6.07, 6.45) is -0.175. The Bertz CT molecular complexity index is 304. The van der Waals surface area contributed by atoms with Crippen molar-refractivity contribution in [2.75, 3.05) is 13.2 Å². The Labute approximate surface area is 94.0 Å². The number of halogens is 2. The average molecular weight is 234 g/mol. The minimum atomic E-state index is -0.175. The summed E-state index contributed by atoms with van der Waals surface area (Å²) in [5, 5.41) is 1.28. The normalized spacial score (nSPS) is 12.9. The van der Waals surface area contributed by atoms with Gasteiger partial charge in [0.05, 0.1) is 6.10 Å². The summed E-state index contributed by atoms with van der Waals surface area (Å²) in [6.45, 7) is 2.92. The fraction of sp³-hybridized carbons (Fsp3) is 0.400. The highest BCUT2D eigenvalue weighted by Gasteiger charge is 2.13. The third-order valence-electron chi connectivity index (χ3n) is 1.89. The lowest BCUT2D eigenvalue weighted by Crippen LogP contribution is -2.16. The summed E-state index contributed by atoms with van der Waals surface area (Å²) in [6, 6.07) is 5.28. The molecule has 0 aromatic heterocycles. The largest absolute Gasteiger partial charge is 0.372 e. The summed E-state index contributed by atoms with van der Waals surface area (Å²) in [5.74, 6) is 0. The smallest absolute Gasteiger partial charge is 0.0961 e. The van der Waals surface area contributed by atoms with Crippen molar-refractivity contribution in [3.8, 4) is 0 Å². The van der Waals surface area contributed by atoms with E-state index >= 15 is 0 Å². The van der Waals surface area contributed by atoms with Gasteiger partial charge in [-0.3, -0.25) is 0 Å². The Morgan fingerprint density at radius 3 is 2.71 bits per heavy atom. The van der Waals surface area contributed by atoms with E-state index in [1.165, 1.54) is 0 Å². The standard InChI is InChI=1S/C10H13Cl2NO/c1-2-14-10(6-13)8-5-7(11)3-4-9(8)12/h3-5,10H,2,6,13H2,1H3/t10-/m1/s1. The fourth-order valence-corrected chi connectivity index (χ4v) is 1.67. The van der Waals surface area contributed by atoms with E-state index in [9.17, 15) is 0 Å². The molecule has 1 atom stereocenters. The maximum absolute atomic E-state index is 6.01. The van der Waals surface area contributed by atoms with E-state index < -0.39 is 0 Å². The first-order valence-electron chi connectivity index (χ1n) is 4.45. The molecule has 2 nitrogen and oxygen atoms in total. The third-order valence-corrected chi connectivity index (χ3v) is 2.47. The maximum Gasteiger partial charge on any atom is 0.0961 e. The van der Waals surface area contributed by atoms with Gasteiger partial charge in [-0.25, -0.2) is 0 Å². The second-order valence-corrected chi connectivity index (χ2v) is 3.69. The zero-order valence-corrected chi connectivity index (χ0v) is 9.48. The van der Waals surface area contributed by atoms with Gasteiger partial charge < -0.3 is 10.5 Å². The Balaban J connectivity index is 2.96. The molecule has 2 N–H and O–H groups in total. The van der Waals surface area contributed by atoms with Crippen LogP contribution < -0.4 is 5.73 Å². The van der Waals surface area contributed by atoms with Crippen LogP contribution in [0.3, 0.4) is 0 Å². The Hall–Kier alpha value is -0.280. The van der Waals surface area contributed by atoms with E-state index in [1.54, 1.807) is 18.2 Å². The van der Waals surface area contributed by atoms with E-state index in [0.29, 0.717) is 23.2 Å². The second-order valence-electron chi connectivity index (χ2n) is 2.85. The Morgan fingerprint density at radius 1 is 1.43 bits per heavy atom. The molecular weight excluding hydrogens is 221 g/mol. The lowest BCUT2D eigenvalue weighted by molar-refractivity contribution is 0.0689. The SMILES string of the molecule is CCO[C@H](CN)c1cc(Cl)ccc1Cl. The van der Waals surface area contributed by atoms with Crippen LogP contribution in [-0.4, -0.2) is 13.2 Å². The molecular formula is C10H13Cl2NO. The van der Waals surface area contributed by atoms with E-state index in [4.69, 9.17) is 33.7 Å². The molecule has 0 amide bonds. The van der Waals surface area contributed by atoms with Crippen molar-refractivity contribution in [2.24, 2.45) is 5.73 Å². The molecule has 0 spiro atoms. The Morgan fingerprint density at radius 2 is 2.14 bits per heavy atom. The first-order valence-corrected chi connectivity index (χ1v) is 5.21. The number of benzene rings is 1. The average Bonchev–Trinajstić information content (AvgIpc) is 2.18. The predicted molar refractivity (Wildman–Crippen MR) is 59.9 cm³/mol. The summed E-state index contributed by atoms with van der Waals surface area (Å²) in [7, 11) is 0.